The lowest BCUT2D eigenvalue weighted by atomic mass is 9.85. The number of carbonyl (C=O) groups is 1. The molecule has 0 radical (unpaired) electrons. The van der Waals surface area contributed by atoms with E-state index in [-0.39, 0.29) is 11.8 Å². The standard InChI is InChI=1S/C19H20N4O/c24-19(15-8-4-9-15)21-12-17-22-16-10-5-11-20-18(16)23(17)13-14-6-2-1-3-7-14/h1-3,5-7,10-11,15H,4,8-9,12-13H2,(H,21,24). The van der Waals surface area contributed by atoms with Crippen LogP contribution < -0.4 is 5.32 Å². The molecule has 5 heteroatoms. The maximum Gasteiger partial charge on any atom is 0.223 e. The average Bonchev–Trinajstić information content (AvgIpc) is 2.90. The van der Waals surface area contributed by atoms with E-state index in [9.17, 15) is 4.79 Å². The minimum Gasteiger partial charge on any atom is -0.349 e. The van der Waals surface area contributed by atoms with Crippen molar-refractivity contribution in [2.24, 2.45) is 5.92 Å². The first-order valence-electron chi connectivity index (χ1n) is 8.43. The number of fused-ring (bicyclic) bond motifs is 1. The number of hydrogen-bond donors (Lipinski definition) is 1. The van der Waals surface area contributed by atoms with Gasteiger partial charge in [-0.1, -0.05) is 36.8 Å². The molecular formula is C19H20N4O. The summed E-state index contributed by atoms with van der Waals surface area (Å²) >= 11 is 0. The molecule has 1 fully saturated rings. The Labute approximate surface area is 140 Å². The molecule has 0 atom stereocenters. The van der Waals surface area contributed by atoms with E-state index in [4.69, 9.17) is 0 Å². The highest BCUT2D eigenvalue weighted by Gasteiger charge is 2.25. The van der Waals surface area contributed by atoms with Gasteiger partial charge in [-0.2, -0.15) is 0 Å². The summed E-state index contributed by atoms with van der Waals surface area (Å²) in [6.07, 6.45) is 4.96. The van der Waals surface area contributed by atoms with Crippen LogP contribution in [-0.2, 0) is 17.9 Å². The molecule has 0 spiro atoms. The van der Waals surface area contributed by atoms with Gasteiger partial charge < -0.3 is 9.88 Å². The topological polar surface area (TPSA) is 59.8 Å². The Morgan fingerprint density at radius 1 is 1.17 bits per heavy atom. The maximum atomic E-state index is 12.1. The third-order valence-corrected chi connectivity index (χ3v) is 4.66. The normalized spacial score (nSPS) is 14.5. The molecule has 0 saturated heterocycles. The lowest BCUT2D eigenvalue weighted by molar-refractivity contribution is -0.127. The molecule has 0 aliphatic heterocycles. The van der Waals surface area contributed by atoms with Crippen LogP contribution in [0.1, 0.15) is 30.7 Å². The largest absolute Gasteiger partial charge is 0.349 e. The molecule has 1 aliphatic rings. The molecule has 24 heavy (non-hydrogen) atoms. The van der Waals surface area contributed by atoms with Crippen LogP contribution in [-0.4, -0.2) is 20.4 Å². The third kappa shape index (κ3) is 2.89. The van der Waals surface area contributed by atoms with Crippen molar-refractivity contribution in [3.8, 4) is 0 Å². The summed E-state index contributed by atoms with van der Waals surface area (Å²) in [5, 5.41) is 3.04. The van der Waals surface area contributed by atoms with Gasteiger partial charge in [-0.25, -0.2) is 9.97 Å². The van der Waals surface area contributed by atoms with E-state index in [1.807, 2.05) is 30.3 Å². The first-order chi connectivity index (χ1) is 11.8. The molecule has 3 aromatic rings. The van der Waals surface area contributed by atoms with Crippen molar-refractivity contribution in [3.05, 3.63) is 60.0 Å². The fourth-order valence-electron chi connectivity index (χ4n) is 3.05. The molecule has 2 aromatic heterocycles. The molecule has 5 nitrogen and oxygen atoms in total. The van der Waals surface area contributed by atoms with Crippen LogP contribution in [0.15, 0.2) is 48.7 Å². The molecule has 1 amide bonds. The van der Waals surface area contributed by atoms with Crippen molar-refractivity contribution in [1.29, 1.82) is 0 Å². The second-order valence-electron chi connectivity index (χ2n) is 6.29. The van der Waals surface area contributed by atoms with Gasteiger partial charge in [0, 0.05) is 12.1 Å². The van der Waals surface area contributed by atoms with Gasteiger partial charge in [0.2, 0.25) is 5.91 Å². The second kappa shape index (κ2) is 6.43. The minimum absolute atomic E-state index is 0.146. The van der Waals surface area contributed by atoms with E-state index < -0.39 is 0 Å². The van der Waals surface area contributed by atoms with Gasteiger partial charge in [0.05, 0.1) is 13.1 Å². The van der Waals surface area contributed by atoms with E-state index in [0.29, 0.717) is 13.1 Å². The molecule has 122 valence electrons. The number of rotatable bonds is 5. The lowest BCUT2D eigenvalue weighted by Gasteiger charge is -2.24. The van der Waals surface area contributed by atoms with Crippen molar-refractivity contribution in [2.45, 2.75) is 32.4 Å². The first-order valence-corrected chi connectivity index (χ1v) is 8.43. The number of nitrogens with one attached hydrogen (secondary N) is 1. The van der Waals surface area contributed by atoms with Crippen LogP contribution in [0.4, 0.5) is 0 Å². The van der Waals surface area contributed by atoms with Gasteiger partial charge in [0.1, 0.15) is 11.3 Å². The van der Waals surface area contributed by atoms with Crippen LogP contribution in [0.3, 0.4) is 0 Å². The van der Waals surface area contributed by atoms with Crippen molar-refractivity contribution >= 4 is 17.1 Å². The number of carbonyl (C=O) groups excluding carboxylic acids is 1. The first kappa shape index (κ1) is 14.9. The van der Waals surface area contributed by atoms with Gasteiger partial charge >= 0.3 is 0 Å². The summed E-state index contributed by atoms with van der Waals surface area (Å²) in [6, 6.07) is 14.1. The average molecular weight is 320 g/mol. The molecular weight excluding hydrogens is 300 g/mol. The van der Waals surface area contributed by atoms with Gasteiger partial charge in [-0.05, 0) is 30.5 Å². The third-order valence-electron chi connectivity index (χ3n) is 4.66. The number of amides is 1. The Morgan fingerprint density at radius 2 is 2.00 bits per heavy atom. The number of pyridine rings is 1. The fourth-order valence-corrected chi connectivity index (χ4v) is 3.05. The highest BCUT2D eigenvalue weighted by atomic mass is 16.1. The number of imidazole rings is 1. The fraction of sp³-hybridized carbons (Fsp3) is 0.316. The van der Waals surface area contributed by atoms with Crippen molar-refractivity contribution < 1.29 is 4.79 Å². The van der Waals surface area contributed by atoms with E-state index in [0.717, 1.165) is 36.3 Å². The Morgan fingerprint density at radius 3 is 2.75 bits per heavy atom. The van der Waals surface area contributed by atoms with Gasteiger partial charge in [-0.3, -0.25) is 4.79 Å². The number of benzene rings is 1. The summed E-state index contributed by atoms with van der Waals surface area (Å²) in [4.78, 5) is 21.3. The zero-order valence-corrected chi connectivity index (χ0v) is 13.5. The van der Waals surface area contributed by atoms with Crippen molar-refractivity contribution in [3.63, 3.8) is 0 Å². The molecule has 1 aromatic carbocycles. The SMILES string of the molecule is O=C(NCc1nc2cccnc2n1Cc1ccccc1)C1CCC1. The summed E-state index contributed by atoms with van der Waals surface area (Å²) in [5.41, 5.74) is 2.91. The van der Waals surface area contributed by atoms with Crippen molar-refractivity contribution in [2.75, 3.05) is 0 Å². The molecule has 0 unspecified atom stereocenters. The Hall–Kier alpha value is -2.69. The van der Waals surface area contributed by atoms with Gasteiger partial charge in [0.15, 0.2) is 5.65 Å². The molecule has 1 saturated carbocycles. The Kier molecular flexibility index (Phi) is 3.99. The predicted molar refractivity (Wildman–Crippen MR) is 92.3 cm³/mol. The van der Waals surface area contributed by atoms with E-state index in [1.165, 1.54) is 5.56 Å². The van der Waals surface area contributed by atoms with E-state index >= 15 is 0 Å². The van der Waals surface area contributed by atoms with Gasteiger partial charge in [0.25, 0.3) is 0 Å². The van der Waals surface area contributed by atoms with E-state index in [1.54, 1.807) is 6.20 Å². The summed E-state index contributed by atoms with van der Waals surface area (Å²) in [7, 11) is 0. The lowest BCUT2D eigenvalue weighted by Crippen LogP contribution is -2.34. The summed E-state index contributed by atoms with van der Waals surface area (Å²) in [5.74, 6) is 1.18. The monoisotopic (exact) mass is 320 g/mol. The van der Waals surface area contributed by atoms with Crippen LogP contribution in [0.2, 0.25) is 0 Å². The molecule has 1 aliphatic carbocycles. The summed E-state index contributed by atoms with van der Waals surface area (Å²) < 4.78 is 2.09. The number of aromatic nitrogens is 3. The van der Waals surface area contributed by atoms with Crippen LogP contribution in [0, 0.1) is 5.92 Å². The maximum absolute atomic E-state index is 12.1. The number of nitrogens with zero attached hydrogens (tertiary/aromatic N) is 3. The van der Waals surface area contributed by atoms with Crippen LogP contribution in [0.25, 0.3) is 11.2 Å². The second-order valence-corrected chi connectivity index (χ2v) is 6.29. The van der Waals surface area contributed by atoms with Crippen molar-refractivity contribution in [1.82, 2.24) is 19.9 Å². The molecule has 1 N–H and O–H groups in total. The highest BCUT2D eigenvalue weighted by Crippen LogP contribution is 2.26. The van der Waals surface area contributed by atoms with Crippen LogP contribution in [0.5, 0.6) is 0 Å². The smallest absolute Gasteiger partial charge is 0.223 e. The van der Waals surface area contributed by atoms with E-state index in [2.05, 4.69) is 32.0 Å². The number of hydrogen-bond acceptors (Lipinski definition) is 3. The molecule has 4 rings (SSSR count). The Bertz CT molecular complexity index is 852. The summed E-state index contributed by atoms with van der Waals surface area (Å²) in [6.45, 7) is 1.14. The quantitative estimate of drug-likeness (QED) is 0.786. The molecule has 2 heterocycles. The Balaban J connectivity index is 1.61. The predicted octanol–water partition coefficient (Wildman–Crippen LogP) is 2.90. The van der Waals surface area contributed by atoms with Crippen LogP contribution >= 0.6 is 0 Å². The zero-order valence-electron chi connectivity index (χ0n) is 13.5. The molecule has 0 bridgehead atoms. The minimum atomic E-state index is 0.146. The highest BCUT2D eigenvalue weighted by molar-refractivity contribution is 5.79. The van der Waals surface area contributed by atoms with Gasteiger partial charge in [-0.15, -0.1) is 0 Å². The zero-order chi connectivity index (χ0) is 16.4.